The molecule has 6 heteroatoms. The van der Waals surface area contributed by atoms with Crippen molar-refractivity contribution in [3.05, 3.63) is 22.4 Å². The summed E-state index contributed by atoms with van der Waals surface area (Å²) in [4.78, 5) is 1.33. The van der Waals surface area contributed by atoms with Crippen LogP contribution in [0.5, 0.6) is 0 Å². The minimum absolute atomic E-state index is 0.245. The van der Waals surface area contributed by atoms with Crippen LogP contribution in [0.2, 0.25) is 0 Å². The highest BCUT2D eigenvalue weighted by Crippen LogP contribution is 2.34. The lowest BCUT2D eigenvalue weighted by atomic mass is 10.1. The largest absolute Gasteiger partial charge is 0.309 e. The molecule has 21 heavy (non-hydrogen) atoms. The summed E-state index contributed by atoms with van der Waals surface area (Å²) in [7, 11) is -2.85. The van der Waals surface area contributed by atoms with Gasteiger partial charge in [0.05, 0.1) is 5.75 Å². The molecule has 0 saturated heterocycles. The molecule has 2 aromatic rings. The van der Waals surface area contributed by atoms with Crippen molar-refractivity contribution in [2.45, 2.75) is 39.2 Å². The van der Waals surface area contributed by atoms with Crippen molar-refractivity contribution in [1.82, 2.24) is 5.32 Å². The van der Waals surface area contributed by atoms with Gasteiger partial charge in [0.1, 0.15) is 9.84 Å². The van der Waals surface area contributed by atoms with Crippen molar-refractivity contribution >= 4 is 41.9 Å². The van der Waals surface area contributed by atoms with Gasteiger partial charge >= 0.3 is 0 Å². The molecule has 0 bridgehead atoms. The van der Waals surface area contributed by atoms with Gasteiger partial charge in [-0.3, -0.25) is 0 Å². The lowest BCUT2D eigenvalue weighted by Crippen LogP contribution is -2.22. The Labute approximate surface area is 135 Å². The van der Waals surface area contributed by atoms with Crippen LogP contribution < -0.4 is 5.32 Å². The van der Waals surface area contributed by atoms with E-state index in [1.54, 1.807) is 18.3 Å². The van der Waals surface area contributed by atoms with Crippen LogP contribution in [0.1, 0.15) is 44.0 Å². The van der Waals surface area contributed by atoms with E-state index in [0.717, 1.165) is 25.8 Å². The summed E-state index contributed by atoms with van der Waals surface area (Å²) >= 11 is 3.59. The maximum Gasteiger partial charge on any atom is 0.150 e. The van der Waals surface area contributed by atoms with Crippen LogP contribution in [-0.4, -0.2) is 26.5 Å². The number of fused-ring (bicyclic) bond motifs is 1. The van der Waals surface area contributed by atoms with Crippen LogP contribution >= 0.6 is 22.7 Å². The highest BCUT2D eigenvalue weighted by molar-refractivity contribution is 7.91. The maximum absolute atomic E-state index is 11.6. The molecule has 1 atom stereocenters. The van der Waals surface area contributed by atoms with Crippen LogP contribution in [-0.2, 0) is 9.84 Å². The Morgan fingerprint density at radius 2 is 2.10 bits per heavy atom. The molecule has 1 unspecified atom stereocenters. The fourth-order valence-electron chi connectivity index (χ4n) is 2.27. The number of nitrogens with one attached hydrogen (secondary N) is 1. The van der Waals surface area contributed by atoms with Crippen LogP contribution in [0.25, 0.3) is 9.40 Å². The van der Waals surface area contributed by atoms with Crippen LogP contribution in [0.3, 0.4) is 0 Å². The molecule has 0 fully saturated rings. The van der Waals surface area contributed by atoms with Gasteiger partial charge < -0.3 is 5.32 Å². The summed E-state index contributed by atoms with van der Waals surface area (Å²) < 4.78 is 25.9. The first-order valence-corrected chi connectivity index (χ1v) is 11.0. The summed E-state index contributed by atoms with van der Waals surface area (Å²) in [6.45, 7) is 4.84. The second-order valence-corrected chi connectivity index (χ2v) is 9.72. The number of sulfone groups is 1. The van der Waals surface area contributed by atoms with Gasteiger partial charge in [0.2, 0.25) is 0 Å². The predicted molar refractivity (Wildman–Crippen MR) is 94.3 cm³/mol. The predicted octanol–water partition coefficient (Wildman–Crippen LogP) is 4.22. The van der Waals surface area contributed by atoms with Crippen molar-refractivity contribution in [1.29, 1.82) is 0 Å². The van der Waals surface area contributed by atoms with Crippen LogP contribution in [0.15, 0.2) is 17.5 Å². The van der Waals surface area contributed by atoms with Crippen LogP contribution in [0, 0.1) is 0 Å². The molecule has 0 aromatic carbocycles. The topological polar surface area (TPSA) is 46.2 Å². The molecule has 2 aromatic heterocycles. The molecule has 0 aliphatic heterocycles. The van der Waals surface area contributed by atoms with E-state index in [0.29, 0.717) is 5.75 Å². The zero-order valence-electron chi connectivity index (χ0n) is 12.6. The SMILES string of the molecule is CCCNC(CCCS(=O)(=O)CC)c1cc2sccc2s1. The van der Waals surface area contributed by atoms with Gasteiger partial charge in [0.15, 0.2) is 0 Å². The van der Waals surface area contributed by atoms with Crippen molar-refractivity contribution in [3.8, 4) is 0 Å². The summed E-state index contributed by atoms with van der Waals surface area (Å²) in [5.41, 5.74) is 0. The smallest absolute Gasteiger partial charge is 0.150 e. The van der Waals surface area contributed by atoms with E-state index in [4.69, 9.17) is 0 Å². The second-order valence-electron chi connectivity index (χ2n) is 5.18. The van der Waals surface area contributed by atoms with Gasteiger partial charge in [0.25, 0.3) is 0 Å². The lowest BCUT2D eigenvalue weighted by Gasteiger charge is -2.17. The third-order valence-corrected chi connectivity index (χ3v) is 7.53. The van der Waals surface area contributed by atoms with Gasteiger partial charge in [0, 0.05) is 26.1 Å². The average Bonchev–Trinajstić information content (AvgIpc) is 3.03. The third kappa shape index (κ3) is 4.77. The first-order chi connectivity index (χ1) is 10.1. The zero-order valence-corrected chi connectivity index (χ0v) is 15.0. The fraction of sp³-hybridized carbons (Fsp3) is 0.600. The van der Waals surface area contributed by atoms with Crippen molar-refractivity contribution in [2.24, 2.45) is 0 Å². The fourth-order valence-corrected chi connectivity index (χ4v) is 5.40. The summed E-state index contributed by atoms with van der Waals surface area (Å²) in [5.74, 6) is 0.544. The molecule has 118 valence electrons. The first kappa shape index (κ1) is 16.9. The second kappa shape index (κ2) is 7.72. The highest BCUT2D eigenvalue weighted by Gasteiger charge is 2.16. The number of thiophene rings is 2. The van der Waals surface area contributed by atoms with Crippen molar-refractivity contribution in [2.75, 3.05) is 18.1 Å². The van der Waals surface area contributed by atoms with Crippen molar-refractivity contribution < 1.29 is 8.42 Å². The molecular weight excluding hydrogens is 322 g/mol. The Hall–Kier alpha value is -0.430. The summed E-state index contributed by atoms with van der Waals surface area (Å²) in [6.07, 6.45) is 2.69. The van der Waals surface area contributed by atoms with E-state index in [-0.39, 0.29) is 11.8 Å². The molecule has 3 nitrogen and oxygen atoms in total. The molecule has 2 rings (SSSR count). The summed E-state index contributed by atoms with van der Waals surface area (Å²) in [5, 5.41) is 5.68. The molecule has 0 radical (unpaired) electrons. The Kier molecular flexibility index (Phi) is 6.22. The quantitative estimate of drug-likeness (QED) is 0.740. The Bertz CT molecular complexity index is 629. The standard InChI is InChI=1S/C15H23NO2S3/c1-3-8-16-12(6-5-10-21(17,18)4-2)14-11-15-13(20-14)7-9-19-15/h7,9,11-12,16H,3-6,8,10H2,1-2H3. The first-order valence-electron chi connectivity index (χ1n) is 7.46. The minimum Gasteiger partial charge on any atom is -0.309 e. The lowest BCUT2D eigenvalue weighted by molar-refractivity contribution is 0.499. The van der Waals surface area contributed by atoms with Crippen molar-refractivity contribution in [3.63, 3.8) is 0 Å². The van der Waals surface area contributed by atoms with Gasteiger partial charge in [-0.1, -0.05) is 13.8 Å². The molecule has 2 heterocycles. The molecule has 0 aliphatic carbocycles. The number of hydrogen-bond acceptors (Lipinski definition) is 5. The van der Waals surface area contributed by atoms with Crippen LogP contribution in [0.4, 0.5) is 0 Å². The van der Waals surface area contributed by atoms with Gasteiger partial charge in [-0.15, -0.1) is 22.7 Å². The van der Waals surface area contributed by atoms with Gasteiger partial charge in [-0.05, 0) is 43.3 Å². The number of rotatable bonds is 9. The molecule has 0 aliphatic rings. The monoisotopic (exact) mass is 345 g/mol. The molecule has 0 saturated carbocycles. The molecular formula is C15H23NO2S3. The molecule has 0 amide bonds. The van der Waals surface area contributed by atoms with Gasteiger partial charge in [-0.25, -0.2) is 8.42 Å². The molecule has 0 spiro atoms. The van der Waals surface area contributed by atoms with E-state index in [1.165, 1.54) is 14.3 Å². The van der Waals surface area contributed by atoms with E-state index in [1.807, 2.05) is 11.3 Å². The van der Waals surface area contributed by atoms with E-state index in [2.05, 4.69) is 29.8 Å². The maximum atomic E-state index is 11.6. The summed E-state index contributed by atoms with van der Waals surface area (Å²) in [6, 6.07) is 4.69. The minimum atomic E-state index is -2.85. The average molecular weight is 346 g/mol. The highest BCUT2D eigenvalue weighted by atomic mass is 32.2. The Morgan fingerprint density at radius 1 is 1.29 bits per heavy atom. The van der Waals surface area contributed by atoms with E-state index in [9.17, 15) is 8.42 Å². The van der Waals surface area contributed by atoms with Gasteiger partial charge in [-0.2, -0.15) is 0 Å². The Balaban J connectivity index is 2.02. The zero-order chi connectivity index (χ0) is 15.3. The van der Waals surface area contributed by atoms with E-state index >= 15 is 0 Å². The number of hydrogen-bond donors (Lipinski definition) is 1. The van der Waals surface area contributed by atoms with E-state index < -0.39 is 9.84 Å². The third-order valence-electron chi connectivity index (χ3n) is 3.53. The normalized spacial score (nSPS) is 13.8. The Morgan fingerprint density at radius 3 is 2.76 bits per heavy atom. The molecule has 1 N–H and O–H groups in total.